The van der Waals surface area contributed by atoms with E-state index in [1.807, 2.05) is 24.4 Å². The van der Waals surface area contributed by atoms with Gasteiger partial charge in [-0.25, -0.2) is 0 Å². The number of likely N-dealkylation sites (tertiary alicyclic amines) is 1. The largest absolute Gasteiger partial charge is 0.507 e. The Kier molecular flexibility index (Phi) is 6.05. The number of carbonyl (C=O) groups is 2. The molecule has 7 nitrogen and oxygen atoms in total. The van der Waals surface area contributed by atoms with Crippen LogP contribution in [0.25, 0.3) is 16.7 Å². The van der Waals surface area contributed by atoms with Gasteiger partial charge in [0.15, 0.2) is 0 Å². The van der Waals surface area contributed by atoms with Gasteiger partial charge in [-0.05, 0) is 60.5 Å². The van der Waals surface area contributed by atoms with E-state index in [4.69, 9.17) is 32.4 Å². The predicted molar refractivity (Wildman–Crippen MR) is 133 cm³/mol. The van der Waals surface area contributed by atoms with Crippen molar-refractivity contribution in [1.82, 2.24) is 9.88 Å². The van der Waals surface area contributed by atoms with E-state index in [2.05, 4.69) is 4.98 Å². The minimum atomic E-state index is -0.906. The predicted octanol–water partition coefficient (Wildman–Crippen LogP) is 5.74. The second kappa shape index (κ2) is 9.17. The Morgan fingerprint density at radius 2 is 2.00 bits per heavy atom. The maximum atomic E-state index is 13.1. The number of fused-ring (bicyclic) bond motifs is 1. The Morgan fingerprint density at radius 3 is 2.71 bits per heavy atom. The van der Waals surface area contributed by atoms with Crippen LogP contribution in [-0.4, -0.2) is 40.3 Å². The average molecular weight is 511 g/mol. The van der Waals surface area contributed by atoms with Crippen molar-refractivity contribution in [3.05, 3.63) is 93.5 Å². The smallest absolute Gasteiger partial charge is 0.295 e. The number of rotatable bonds is 6. The van der Waals surface area contributed by atoms with E-state index in [0.29, 0.717) is 23.0 Å². The van der Waals surface area contributed by atoms with E-state index in [0.717, 1.165) is 16.5 Å². The van der Waals surface area contributed by atoms with Gasteiger partial charge in [0.2, 0.25) is 0 Å². The van der Waals surface area contributed by atoms with Gasteiger partial charge < -0.3 is 24.1 Å². The van der Waals surface area contributed by atoms with Gasteiger partial charge in [-0.3, -0.25) is 9.59 Å². The topological polar surface area (TPSA) is 95.8 Å². The lowest BCUT2D eigenvalue weighted by Gasteiger charge is -2.23. The Labute approximate surface area is 210 Å². The first-order chi connectivity index (χ1) is 16.9. The van der Waals surface area contributed by atoms with Gasteiger partial charge in [-0.1, -0.05) is 23.2 Å². The normalized spacial score (nSPS) is 17.5. The summed E-state index contributed by atoms with van der Waals surface area (Å²) >= 11 is 12.3. The molecule has 1 fully saturated rings. The Balaban J connectivity index is 1.54. The molecular weight excluding hydrogens is 491 g/mol. The molecule has 2 aromatic carbocycles. The summed E-state index contributed by atoms with van der Waals surface area (Å²) in [6, 6.07) is 12.6. The number of ketones is 1. The van der Waals surface area contributed by atoms with Gasteiger partial charge in [-0.2, -0.15) is 0 Å². The Hall–Kier alpha value is -3.68. The summed E-state index contributed by atoms with van der Waals surface area (Å²) in [6.07, 6.45) is 3.78. The standard InChI is InChI=1S/C26H20Cl2N2O5/c1-34-16-5-7-20-18(12-16)14(13-29-20)8-9-30-23(21-3-2-10-35-21)22(25(32)26(30)33)24(31)17-6-4-15(27)11-19(17)28/h2-7,10-13,23,29,31H,8-9H2,1H3/t23-/m0/s1. The molecule has 3 heterocycles. The molecule has 0 bridgehead atoms. The molecule has 4 aromatic rings. The van der Waals surface area contributed by atoms with Gasteiger partial charge in [0.05, 0.1) is 24.0 Å². The van der Waals surface area contributed by atoms with Crippen molar-refractivity contribution in [3.63, 3.8) is 0 Å². The van der Waals surface area contributed by atoms with Crippen molar-refractivity contribution < 1.29 is 23.8 Å². The summed E-state index contributed by atoms with van der Waals surface area (Å²) in [6.45, 7) is 0.214. The van der Waals surface area contributed by atoms with E-state index in [-0.39, 0.29) is 28.5 Å². The molecule has 1 saturated heterocycles. The number of hydrogen-bond acceptors (Lipinski definition) is 5. The first kappa shape index (κ1) is 23.1. The number of hydrogen-bond donors (Lipinski definition) is 2. The second-order valence-corrected chi connectivity index (χ2v) is 8.95. The van der Waals surface area contributed by atoms with Crippen molar-refractivity contribution in [3.8, 4) is 5.75 Å². The minimum absolute atomic E-state index is 0.0882. The van der Waals surface area contributed by atoms with Crippen LogP contribution in [0, 0.1) is 0 Å². The molecule has 2 N–H and O–H groups in total. The zero-order valence-electron chi connectivity index (χ0n) is 18.5. The molecule has 1 atom stereocenters. The van der Waals surface area contributed by atoms with Crippen LogP contribution in [0.3, 0.4) is 0 Å². The van der Waals surface area contributed by atoms with Crippen molar-refractivity contribution in [2.24, 2.45) is 0 Å². The fourth-order valence-corrected chi connectivity index (χ4v) is 4.91. The molecule has 0 spiro atoms. The summed E-state index contributed by atoms with van der Waals surface area (Å²) in [5.41, 5.74) is 2.01. The molecule has 1 aliphatic heterocycles. The van der Waals surface area contributed by atoms with Crippen LogP contribution in [0.4, 0.5) is 0 Å². The molecule has 2 aromatic heterocycles. The molecular formula is C26H20Cl2N2O5. The lowest BCUT2D eigenvalue weighted by Crippen LogP contribution is -2.31. The molecule has 9 heteroatoms. The number of ether oxygens (including phenoxy) is 1. The van der Waals surface area contributed by atoms with Crippen molar-refractivity contribution in [2.75, 3.05) is 13.7 Å². The highest BCUT2D eigenvalue weighted by molar-refractivity contribution is 6.47. The number of furan rings is 1. The number of methoxy groups -OCH3 is 1. The number of H-pyrrole nitrogens is 1. The highest BCUT2D eigenvalue weighted by Gasteiger charge is 2.47. The van der Waals surface area contributed by atoms with Crippen LogP contribution in [0.15, 0.2) is 71.0 Å². The lowest BCUT2D eigenvalue weighted by molar-refractivity contribution is -0.140. The van der Waals surface area contributed by atoms with Gasteiger partial charge in [0.25, 0.3) is 11.7 Å². The fourth-order valence-electron chi connectivity index (χ4n) is 4.41. The third kappa shape index (κ3) is 4.07. The van der Waals surface area contributed by atoms with Crippen LogP contribution >= 0.6 is 23.2 Å². The summed E-state index contributed by atoms with van der Waals surface area (Å²) in [4.78, 5) is 30.9. The molecule has 0 aliphatic carbocycles. The van der Waals surface area contributed by atoms with Crippen LogP contribution in [0.1, 0.15) is 22.9 Å². The monoisotopic (exact) mass is 510 g/mol. The second-order valence-electron chi connectivity index (χ2n) is 8.11. The van der Waals surface area contributed by atoms with Crippen LogP contribution < -0.4 is 4.74 Å². The molecule has 0 radical (unpaired) electrons. The Morgan fingerprint density at radius 1 is 1.17 bits per heavy atom. The SMILES string of the molecule is COc1ccc2[nH]cc(CCN3C(=O)C(=O)C(=C(O)c4ccc(Cl)cc4Cl)[C@@H]3c3ccco3)c2c1. The fraction of sp³-hybridized carbons (Fsp3) is 0.154. The first-order valence-corrected chi connectivity index (χ1v) is 11.6. The lowest BCUT2D eigenvalue weighted by atomic mass is 9.99. The maximum Gasteiger partial charge on any atom is 0.295 e. The maximum absolute atomic E-state index is 13.1. The molecule has 178 valence electrons. The van der Waals surface area contributed by atoms with Gasteiger partial charge >= 0.3 is 0 Å². The molecule has 1 amide bonds. The van der Waals surface area contributed by atoms with Crippen molar-refractivity contribution in [2.45, 2.75) is 12.5 Å². The summed E-state index contributed by atoms with van der Waals surface area (Å²) in [5.74, 6) is -0.845. The van der Waals surface area contributed by atoms with Gasteiger partial charge in [0, 0.05) is 34.2 Å². The number of aliphatic hydroxyl groups is 1. The zero-order valence-corrected chi connectivity index (χ0v) is 20.1. The van der Waals surface area contributed by atoms with Crippen LogP contribution in [-0.2, 0) is 16.0 Å². The minimum Gasteiger partial charge on any atom is -0.507 e. The van der Waals surface area contributed by atoms with E-state index in [1.54, 1.807) is 25.3 Å². The Bertz CT molecular complexity index is 1470. The van der Waals surface area contributed by atoms with E-state index in [9.17, 15) is 14.7 Å². The highest BCUT2D eigenvalue weighted by atomic mass is 35.5. The third-order valence-electron chi connectivity index (χ3n) is 6.14. The van der Waals surface area contributed by atoms with Crippen molar-refractivity contribution >= 4 is 51.6 Å². The summed E-state index contributed by atoms with van der Waals surface area (Å²) < 4.78 is 10.9. The number of amides is 1. The van der Waals surface area contributed by atoms with E-state index < -0.39 is 17.7 Å². The number of benzene rings is 2. The third-order valence-corrected chi connectivity index (χ3v) is 6.68. The molecule has 5 rings (SSSR count). The van der Waals surface area contributed by atoms with Gasteiger partial charge in [-0.15, -0.1) is 0 Å². The first-order valence-electron chi connectivity index (χ1n) is 10.8. The molecule has 0 saturated carbocycles. The van der Waals surface area contributed by atoms with Crippen LogP contribution in [0.2, 0.25) is 10.0 Å². The van der Waals surface area contributed by atoms with Crippen molar-refractivity contribution in [1.29, 1.82) is 0 Å². The number of aromatic nitrogens is 1. The number of carbonyl (C=O) groups excluding carboxylic acids is 2. The molecule has 0 unspecified atom stereocenters. The van der Waals surface area contributed by atoms with Gasteiger partial charge in [0.1, 0.15) is 23.3 Å². The molecule has 35 heavy (non-hydrogen) atoms. The average Bonchev–Trinajstić information content (AvgIpc) is 3.57. The summed E-state index contributed by atoms with van der Waals surface area (Å²) in [7, 11) is 1.60. The molecule has 1 aliphatic rings. The number of nitrogens with one attached hydrogen (secondary N) is 1. The van der Waals surface area contributed by atoms with E-state index in [1.165, 1.54) is 23.3 Å². The number of nitrogens with zero attached hydrogens (tertiary/aromatic N) is 1. The number of halogens is 2. The van der Waals surface area contributed by atoms with E-state index >= 15 is 0 Å². The number of aliphatic hydroxyl groups excluding tert-OH is 1. The number of Topliss-reactive ketones (excluding diaryl/α,β-unsaturated/α-hetero) is 1. The highest BCUT2D eigenvalue weighted by Crippen LogP contribution is 2.41. The number of aromatic amines is 1. The summed E-state index contributed by atoms with van der Waals surface area (Å²) in [5, 5.41) is 12.6. The zero-order chi connectivity index (χ0) is 24.7. The quantitative estimate of drug-likeness (QED) is 0.196. The van der Waals surface area contributed by atoms with Crippen LogP contribution in [0.5, 0.6) is 5.75 Å².